The van der Waals surface area contributed by atoms with Crippen molar-refractivity contribution in [2.45, 2.75) is 6.04 Å². The predicted octanol–water partition coefficient (Wildman–Crippen LogP) is 3.04. The minimum absolute atomic E-state index is 0.148. The molecule has 1 aliphatic rings. The number of hydrogen-bond acceptors (Lipinski definition) is 4. The zero-order valence-electron chi connectivity index (χ0n) is 11.5. The van der Waals surface area contributed by atoms with Gasteiger partial charge in [0, 0.05) is 16.8 Å². The van der Waals surface area contributed by atoms with Crippen molar-refractivity contribution in [3.05, 3.63) is 52.5 Å². The van der Waals surface area contributed by atoms with Crippen LogP contribution in [-0.4, -0.2) is 34.4 Å². The maximum atomic E-state index is 13.2. The van der Waals surface area contributed by atoms with E-state index in [9.17, 15) is 14.0 Å². The fourth-order valence-corrected chi connectivity index (χ4v) is 3.99. The average Bonchev–Trinajstić information content (AvgIpc) is 3.18. The molecule has 3 rings (SSSR count). The van der Waals surface area contributed by atoms with Crippen molar-refractivity contribution in [3.8, 4) is 0 Å². The molecular weight excluding hydrogens is 323 g/mol. The summed E-state index contributed by atoms with van der Waals surface area (Å²) >= 11 is 2.98. The second-order valence-corrected chi connectivity index (χ2v) is 6.58. The van der Waals surface area contributed by atoms with Gasteiger partial charge in [-0.1, -0.05) is 6.07 Å². The number of nitrogens with zero attached hydrogens (tertiary/aromatic N) is 1. The maximum Gasteiger partial charge on any atom is 0.256 e. The van der Waals surface area contributed by atoms with Crippen molar-refractivity contribution in [2.75, 3.05) is 16.9 Å². The number of rotatable bonds is 3. The molecule has 114 valence electrons. The SMILES string of the molecule is O=C(Nc1cccc(F)c1)[C@@H]1CSCN1C(=O)c1ccsc1. The molecule has 22 heavy (non-hydrogen) atoms. The first-order valence-corrected chi connectivity index (χ1v) is 8.72. The Kier molecular flexibility index (Phi) is 4.44. The fraction of sp³-hybridized carbons (Fsp3) is 0.200. The summed E-state index contributed by atoms with van der Waals surface area (Å²) in [5, 5.41) is 6.27. The van der Waals surface area contributed by atoms with Crippen molar-refractivity contribution in [1.82, 2.24) is 4.90 Å². The number of carbonyl (C=O) groups is 2. The minimum atomic E-state index is -0.541. The summed E-state index contributed by atoms with van der Waals surface area (Å²) in [7, 11) is 0. The summed E-state index contributed by atoms with van der Waals surface area (Å²) in [5.41, 5.74) is 0.987. The molecule has 1 saturated heterocycles. The highest BCUT2D eigenvalue weighted by molar-refractivity contribution is 7.99. The highest BCUT2D eigenvalue weighted by Crippen LogP contribution is 2.25. The molecule has 1 aromatic heterocycles. The topological polar surface area (TPSA) is 49.4 Å². The van der Waals surface area contributed by atoms with Crippen molar-refractivity contribution in [3.63, 3.8) is 0 Å². The number of nitrogens with one attached hydrogen (secondary N) is 1. The van der Waals surface area contributed by atoms with E-state index in [4.69, 9.17) is 0 Å². The minimum Gasteiger partial charge on any atom is -0.324 e. The molecule has 0 unspecified atom stereocenters. The lowest BCUT2D eigenvalue weighted by Crippen LogP contribution is -2.44. The summed E-state index contributed by atoms with van der Waals surface area (Å²) in [6, 6.07) is 6.92. The van der Waals surface area contributed by atoms with E-state index in [1.807, 2.05) is 5.38 Å². The standard InChI is InChI=1S/C15H13FN2O2S2/c16-11-2-1-3-12(6-11)17-14(19)13-8-22-9-18(13)15(20)10-4-5-21-7-10/h1-7,13H,8-9H2,(H,17,19)/t13-/m0/s1. The molecule has 0 bridgehead atoms. The van der Waals surface area contributed by atoms with Crippen LogP contribution in [0.25, 0.3) is 0 Å². The van der Waals surface area contributed by atoms with E-state index in [-0.39, 0.29) is 11.8 Å². The summed E-state index contributed by atoms with van der Waals surface area (Å²) in [4.78, 5) is 26.3. The lowest BCUT2D eigenvalue weighted by Gasteiger charge is -2.22. The summed E-state index contributed by atoms with van der Waals surface area (Å²) in [6.07, 6.45) is 0. The van der Waals surface area contributed by atoms with Crippen LogP contribution in [0.4, 0.5) is 10.1 Å². The normalized spacial score (nSPS) is 17.5. The fourth-order valence-electron chi connectivity index (χ4n) is 2.20. The molecule has 0 spiro atoms. The van der Waals surface area contributed by atoms with Crippen LogP contribution in [0.15, 0.2) is 41.1 Å². The first-order chi connectivity index (χ1) is 10.6. The molecule has 0 saturated carbocycles. The zero-order valence-corrected chi connectivity index (χ0v) is 13.1. The third kappa shape index (κ3) is 3.15. The van der Waals surface area contributed by atoms with Crippen LogP contribution < -0.4 is 5.32 Å². The van der Waals surface area contributed by atoms with Crippen LogP contribution in [0, 0.1) is 5.82 Å². The number of amides is 2. The number of anilines is 1. The van der Waals surface area contributed by atoms with E-state index in [1.54, 1.807) is 22.4 Å². The molecule has 2 aromatic rings. The molecule has 1 fully saturated rings. The quantitative estimate of drug-likeness (QED) is 0.937. The van der Waals surface area contributed by atoms with E-state index < -0.39 is 11.9 Å². The molecule has 4 nitrogen and oxygen atoms in total. The Morgan fingerprint density at radius 3 is 2.91 bits per heavy atom. The van der Waals surface area contributed by atoms with Crippen LogP contribution in [0.3, 0.4) is 0 Å². The molecule has 2 amide bonds. The molecule has 0 radical (unpaired) electrons. The van der Waals surface area contributed by atoms with Crippen molar-refractivity contribution in [2.24, 2.45) is 0 Å². The Bertz CT molecular complexity index is 691. The molecule has 7 heteroatoms. The van der Waals surface area contributed by atoms with Gasteiger partial charge in [-0.05, 0) is 29.6 Å². The third-order valence-electron chi connectivity index (χ3n) is 3.31. The smallest absolute Gasteiger partial charge is 0.256 e. The predicted molar refractivity (Wildman–Crippen MR) is 86.6 cm³/mol. The number of thioether (sulfide) groups is 1. The lowest BCUT2D eigenvalue weighted by molar-refractivity contribution is -0.119. The Labute approximate surface area is 135 Å². The van der Waals surface area contributed by atoms with E-state index >= 15 is 0 Å². The molecule has 2 heterocycles. The van der Waals surface area contributed by atoms with Gasteiger partial charge >= 0.3 is 0 Å². The van der Waals surface area contributed by atoms with Gasteiger partial charge in [0.25, 0.3) is 5.91 Å². The highest BCUT2D eigenvalue weighted by Gasteiger charge is 2.35. The second-order valence-electron chi connectivity index (χ2n) is 4.80. The largest absolute Gasteiger partial charge is 0.324 e. The Morgan fingerprint density at radius 2 is 2.18 bits per heavy atom. The molecular formula is C15H13FN2O2S2. The van der Waals surface area contributed by atoms with Gasteiger partial charge < -0.3 is 10.2 Å². The monoisotopic (exact) mass is 336 g/mol. The summed E-state index contributed by atoms with van der Waals surface area (Å²) in [6.45, 7) is 0. The first-order valence-electron chi connectivity index (χ1n) is 6.62. The maximum absolute atomic E-state index is 13.2. The van der Waals surface area contributed by atoms with Gasteiger partial charge in [-0.15, -0.1) is 11.8 Å². The van der Waals surface area contributed by atoms with E-state index in [2.05, 4.69) is 5.32 Å². The van der Waals surface area contributed by atoms with Crippen LogP contribution in [0.5, 0.6) is 0 Å². The number of halogens is 1. The lowest BCUT2D eigenvalue weighted by atomic mass is 10.2. The van der Waals surface area contributed by atoms with E-state index in [0.29, 0.717) is 22.9 Å². The molecule has 1 atom stereocenters. The number of thiophene rings is 1. The Hall–Kier alpha value is -1.86. The summed E-state index contributed by atoms with van der Waals surface area (Å²) < 4.78 is 13.2. The van der Waals surface area contributed by atoms with Gasteiger partial charge in [0.15, 0.2) is 0 Å². The number of benzene rings is 1. The van der Waals surface area contributed by atoms with Gasteiger partial charge in [-0.25, -0.2) is 4.39 Å². The Morgan fingerprint density at radius 1 is 1.32 bits per heavy atom. The number of carbonyl (C=O) groups excluding carboxylic acids is 2. The van der Waals surface area contributed by atoms with Gasteiger partial charge in [0.05, 0.1) is 11.4 Å². The van der Waals surface area contributed by atoms with E-state index in [1.165, 1.54) is 41.3 Å². The second kappa shape index (κ2) is 6.50. The van der Waals surface area contributed by atoms with Gasteiger partial charge in [-0.2, -0.15) is 11.3 Å². The van der Waals surface area contributed by atoms with Gasteiger partial charge in [0.1, 0.15) is 11.9 Å². The van der Waals surface area contributed by atoms with Crippen LogP contribution in [-0.2, 0) is 4.79 Å². The number of hydrogen-bond donors (Lipinski definition) is 1. The Balaban J connectivity index is 1.72. The molecule has 1 aliphatic heterocycles. The van der Waals surface area contributed by atoms with Gasteiger partial charge in [-0.3, -0.25) is 9.59 Å². The molecule has 1 aromatic carbocycles. The van der Waals surface area contributed by atoms with Crippen molar-refractivity contribution in [1.29, 1.82) is 0 Å². The zero-order chi connectivity index (χ0) is 15.5. The van der Waals surface area contributed by atoms with E-state index in [0.717, 1.165) is 0 Å². The van der Waals surface area contributed by atoms with Crippen molar-refractivity contribution >= 4 is 40.6 Å². The third-order valence-corrected chi connectivity index (χ3v) is 5.00. The first kappa shape index (κ1) is 15.1. The molecule has 0 aliphatic carbocycles. The van der Waals surface area contributed by atoms with Crippen LogP contribution in [0.2, 0.25) is 0 Å². The average molecular weight is 336 g/mol. The van der Waals surface area contributed by atoms with Gasteiger partial charge in [0.2, 0.25) is 5.91 Å². The van der Waals surface area contributed by atoms with Crippen LogP contribution in [0.1, 0.15) is 10.4 Å². The summed E-state index contributed by atoms with van der Waals surface area (Å²) in [5.74, 6) is 0.169. The van der Waals surface area contributed by atoms with Crippen LogP contribution >= 0.6 is 23.1 Å². The highest BCUT2D eigenvalue weighted by atomic mass is 32.2. The van der Waals surface area contributed by atoms with Crippen molar-refractivity contribution < 1.29 is 14.0 Å². The molecule has 1 N–H and O–H groups in total.